The minimum atomic E-state index is -0.158. The first kappa shape index (κ1) is 15.3. The molecular weight excluding hydrogens is 244 g/mol. The van der Waals surface area contributed by atoms with E-state index in [4.69, 9.17) is 15.3 Å². The van der Waals surface area contributed by atoms with Crippen LogP contribution in [0.15, 0.2) is 6.07 Å². The van der Waals surface area contributed by atoms with Gasteiger partial charge in [-0.2, -0.15) is 0 Å². The smallest absolute Gasteiger partial charge is 0.233 e. The maximum Gasteiger partial charge on any atom is 0.233 e. The molecular formula is C14H22N2O3. The Bertz CT molecular complexity index is 458. The SMILES string of the molecule is COc1cc(CCCC(=O)NN)c(OC)c(C)c1C. The van der Waals surface area contributed by atoms with Gasteiger partial charge in [0.2, 0.25) is 5.91 Å². The minimum Gasteiger partial charge on any atom is -0.496 e. The number of nitrogens with two attached hydrogens (primary N) is 1. The summed E-state index contributed by atoms with van der Waals surface area (Å²) in [6.07, 6.45) is 1.86. The summed E-state index contributed by atoms with van der Waals surface area (Å²) in [5.41, 5.74) is 5.32. The fraction of sp³-hybridized carbons (Fsp3) is 0.500. The van der Waals surface area contributed by atoms with Gasteiger partial charge in [0.1, 0.15) is 11.5 Å². The molecule has 0 unspecified atom stereocenters. The van der Waals surface area contributed by atoms with Crippen molar-refractivity contribution in [3.05, 3.63) is 22.8 Å². The van der Waals surface area contributed by atoms with Gasteiger partial charge in [-0.3, -0.25) is 10.2 Å². The van der Waals surface area contributed by atoms with E-state index < -0.39 is 0 Å². The van der Waals surface area contributed by atoms with Crippen molar-refractivity contribution in [2.24, 2.45) is 5.84 Å². The molecule has 1 aromatic carbocycles. The molecule has 0 saturated carbocycles. The zero-order chi connectivity index (χ0) is 14.4. The Morgan fingerprint density at radius 2 is 1.95 bits per heavy atom. The normalized spacial score (nSPS) is 10.2. The van der Waals surface area contributed by atoms with Crippen LogP contribution < -0.4 is 20.7 Å². The number of benzene rings is 1. The molecule has 0 heterocycles. The third-order valence-corrected chi connectivity index (χ3v) is 3.30. The largest absolute Gasteiger partial charge is 0.496 e. The summed E-state index contributed by atoms with van der Waals surface area (Å²) in [6, 6.07) is 1.97. The number of hydrogen-bond donors (Lipinski definition) is 2. The van der Waals surface area contributed by atoms with E-state index in [1.54, 1.807) is 14.2 Å². The molecule has 0 atom stereocenters. The Hall–Kier alpha value is -1.75. The highest BCUT2D eigenvalue weighted by molar-refractivity contribution is 5.75. The highest BCUT2D eigenvalue weighted by Gasteiger charge is 2.13. The highest BCUT2D eigenvalue weighted by Crippen LogP contribution is 2.34. The molecule has 0 aliphatic carbocycles. The van der Waals surface area contributed by atoms with Crippen LogP contribution >= 0.6 is 0 Å². The summed E-state index contributed by atoms with van der Waals surface area (Å²) in [7, 11) is 3.31. The molecule has 1 rings (SSSR count). The molecule has 1 amide bonds. The van der Waals surface area contributed by atoms with E-state index in [2.05, 4.69) is 5.43 Å². The molecule has 0 bridgehead atoms. The average molecular weight is 266 g/mol. The summed E-state index contributed by atoms with van der Waals surface area (Å²) in [6.45, 7) is 4.01. The topological polar surface area (TPSA) is 73.6 Å². The second-order valence-corrected chi connectivity index (χ2v) is 4.44. The third kappa shape index (κ3) is 3.61. The minimum absolute atomic E-state index is 0.158. The van der Waals surface area contributed by atoms with E-state index in [9.17, 15) is 4.79 Å². The van der Waals surface area contributed by atoms with Crippen LogP contribution in [0.4, 0.5) is 0 Å². The summed E-state index contributed by atoms with van der Waals surface area (Å²) in [4.78, 5) is 11.1. The second kappa shape index (κ2) is 6.99. The lowest BCUT2D eigenvalue weighted by Crippen LogP contribution is -2.29. The Labute approximate surface area is 114 Å². The van der Waals surface area contributed by atoms with Gasteiger partial charge in [0.25, 0.3) is 0 Å². The fourth-order valence-corrected chi connectivity index (χ4v) is 2.12. The number of amides is 1. The standard InChI is InChI=1S/C14H22N2O3/c1-9-10(2)14(19-4)11(8-12(9)18-3)6-5-7-13(17)16-15/h8H,5-7,15H2,1-4H3,(H,16,17). The molecule has 3 N–H and O–H groups in total. The van der Waals surface area contributed by atoms with E-state index in [0.29, 0.717) is 12.8 Å². The van der Waals surface area contributed by atoms with Gasteiger partial charge in [0.05, 0.1) is 14.2 Å². The van der Waals surface area contributed by atoms with Crippen LogP contribution in [0.2, 0.25) is 0 Å². The molecule has 0 radical (unpaired) electrons. The molecule has 106 valence electrons. The first-order valence-electron chi connectivity index (χ1n) is 6.25. The van der Waals surface area contributed by atoms with Crippen molar-refractivity contribution in [3.63, 3.8) is 0 Å². The second-order valence-electron chi connectivity index (χ2n) is 4.44. The maximum absolute atomic E-state index is 11.1. The summed E-state index contributed by atoms with van der Waals surface area (Å²) in [5, 5.41) is 0. The molecule has 5 nitrogen and oxygen atoms in total. The third-order valence-electron chi connectivity index (χ3n) is 3.30. The Balaban J connectivity index is 2.92. The lowest BCUT2D eigenvalue weighted by molar-refractivity contribution is -0.121. The predicted octanol–water partition coefficient (Wildman–Crippen LogP) is 1.63. The monoisotopic (exact) mass is 266 g/mol. The van der Waals surface area contributed by atoms with Gasteiger partial charge in [0.15, 0.2) is 0 Å². The summed E-state index contributed by atoms with van der Waals surface area (Å²) >= 11 is 0. The fourth-order valence-electron chi connectivity index (χ4n) is 2.12. The highest BCUT2D eigenvalue weighted by atomic mass is 16.5. The molecule has 0 spiro atoms. The zero-order valence-electron chi connectivity index (χ0n) is 12.0. The number of hydrazine groups is 1. The number of rotatable bonds is 6. The molecule has 19 heavy (non-hydrogen) atoms. The van der Waals surface area contributed by atoms with Crippen molar-refractivity contribution < 1.29 is 14.3 Å². The van der Waals surface area contributed by atoms with Crippen molar-refractivity contribution in [1.82, 2.24) is 5.43 Å². The molecule has 5 heteroatoms. The van der Waals surface area contributed by atoms with E-state index in [1.807, 2.05) is 19.9 Å². The predicted molar refractivity (Wildman–Crippen MR) is 74.3 cm³/mol. The molecule has 0 fully saturated rings. The number of hydrogen-bond acceptors (Lipinski definition) is 4. The quantitative estimate of drug-likeness (QED) is 0.466. The van der Waals surface area contributed by atoms with E-state index >= 15 is 0 Å². The Kier molecular flexibility index (Phi) is 5.63. The van der Waals surface area contributed by atoms with Gasteiger partial charge in [-0.25, -0.2) is 5.84 Å². The average Bonchev–Trinajstić information content (AvgIpc) is 2.42. The van der Waals surface area contributed by atoms with Crippen LogP contribution in [-0.2, 0) is 11.2 Å². The van der Waals surface area contributed by atoms with Gasteiger partial charge >= 0.3 is 0 Å². The maximum atomic E-state index is 11.1. The van der Waals surface area contributed by atoms with Crippen LogP contribution in [0.3, 0.4) is 0 Å². The lowest BCUT2D eigenvalue weighted by atomic mass is 9.99. The molecule has 0 saturated heterocycles. The van der Waals surface area contributed by atoms with Crippen LogP contribution in [0.25, 0.3) is 0 Å². The Morgan fingerprint density at radius 3 is 2.47 bits per heavy atom. The number of carbonyl (C=O) groups is 1. The molecule has 0 aliphatic heterocycles. The zero-order valence-corrected chi connectivity index (χ0v) is 12.0. The van der Waals surface area contributed by atoms with Gasteiger partial charge < -0.3 is 9.47 Å². The van der Waals surface area contributed by atoms with Crippen molar-refractivity contribution in [2.45, 2.75) is 33.1 Å². The first-order chi connectivity index (χ1) is 9.04. The lowest BCUT2D eigenvalue weighted by Gasteiger charge is -2.16. The molecule has 1 aromatic rings. The Morgan fingerprint density at radius 1 is 1.26 bits per heavy atom. The number of nitrogens with one attached hydrogen (secondary N) is 1. The number of methoxy groups -OCH3 is 2. The molecule has 0 aromatic heterocycles. The van der Waals surface area contributed by atoms with Crippen molar-refractivity contribution >= 4 is 5.91 Å². The van der Waals surface area contributed by atoms with Crippen LogP contribution in [0.1, 0.15) is 29.5 Å². The number of ether oxygens (including phenoxy) is 2. The van der Waals surface area contributed by atoms with Gasteiger partial charge in [-0.05, 0) is 49.4 Å². The van der Waals surface area contributed by atoms with E-state index in [-0.39, 0.29) is 5.91 Å². The van der Waals surface area contributed by atoms with E-state index in [1.165, 1.54) is 0 Å². The first-order valence-corrected chi connectivity index (χ1v) is 6.25. The molecule has 0 aliphatic rings. The number of carbonyl (C=O) groups excluding carboxylic acids is 1. The van der Waals surface area contributed by atoms with Gasteiger partial charge in [0, 0.05) is 6.42 Å². The van der Waals surface area contributed by atoms with Gasteiger partial charge in [-0.1, -0.05) is 0 Å². The van der Waals surface area contributed by atoms with Crippen molar-refractivity contribution in [2.75, 3.05) is 14.2 Å². The van der Waals surface area contributed by atoms with Crippen molar-refractivity contribution in [1.29, 1.82) is 0 Å². The van der Waals surface area contributed by atoms with Crippen LogP contribution in [0.5, 0.6) is 11.5 Å². The summed E-state index contributed by atoms with van der Waals surface area (Å²) < 4.78 is 10.8. The number of aryl methyl sites for hydroxylation is 1. The van der Waals surface area contributed by atoms with Crippen molar-refractivity contribution in [3.8, 4) is 11.5 Å². The summed E-state index contributed by atoms with van der Waals surface area (Å²) in [5.74, 6) is 6.61. The van der Waals surface area contributed by atoms with E-state index in [0.717, 1.165) is 34.6 Å². The van der Waals surface area contributed by atoms with Gasteiger partial charge in [-0.15, -0.1) is 0 Å². The van der Waals surface area contributed by atoms with Crippen LogP contribution in [0, 0.1) is 13.8 Å². The van der Waals surface area contributed by atoms with Crippen LogP contribution in [-0.4, -0.2) is 20.1 Å².